The van der Waals surface area contributed by atoms with E-state index in [1.165, 1.54) is 10.6 Å². The van der Waals surface area contributed by atoms with Crippen LogP contribution in [0.2, 0.25) is 0 Å². The number of benzene rings is 2. The molecule has 5 rings (SSSR count). The van der Waals surface area contributed by atoms with Crippen LogP contribution in [0.4, 0.5) is 0 Å². The predicted octanol–water partition coefficient (Wildman–Crippen LogP) is 4.33. The van der Waals surface area contributed by atoms with Gasteiger partial charge in [0.1, 0.15) is 11.3 Å². The van der Waals surface area contributed by atoms with Crippen LogP contribution in [0.25, 0.3) is 11.1 Å². The number of para-hydroxylation sites is 2. The second kappa shape index (κ2) is 9.67. The molecule has 1 aliphatic rings. The second-order valence-electron chi connectivity index (χ2n) is 8.84. The van der Waals surface area contributed by atoms with Crippen molar-refractivity contribution in [2.75, 3.05) is 19.6 Å². The minimum atomic E-state index is -3.90. The van der Waals surface area contributed by atoms with Crippen LogP contribution in [-0.4, -0.2) is 48.1 Å². The summed E-state index contributed by atoms with van der Waals surface area (Å²) in [6.07, 6.45) is 2.91. The Kier molecular flexibility index (Phi) is 6.44. The Balaban J connectivity index is 1.28. The lowest BCUT2D eigenvalue weighted by Crippen LogP contribution is -2.45. The Morgan fingerprint density at radius 1 is 1.06 bits per heavy atom. The minimum absolute atomic E-state index is 0.0195. The summed E-state index contributed by atoms with van der Waals surface area (Å²) in [7, 11) is -3.90. The first-order valence-corrected chi connectivity index (χ1v) is 13.1. The Morgan fingerprint density at radius 2 is 1.80 bits per heavy atom. The number of aryl methyl sites for hydroxylation is 1. The molecule has 182 valence electrons. The summed E-state index contributed by atoms with van der Waals surface area (Å²) >= 11 is 0. The fraction of sp³-hybridized carbons (Fsp3) is 0.308. The predicted molar refractivity (Wildman–Crippen MR) is 130 cm³/mol. The van der Waals surface area contributed by atoms with Gasteiger partial charge in [0, 0.05) is 19.0 Å². The van der Waals surface area contributed by atoms with Gasteiger partial charge in [0.2, 0.25) is 15.9 Å². The molecule has 0 saturated carbocycles. The number of likely N-dealkylation sites (tertiary alicyclic amines) is 1. The van der Waals surface area contributed by atoms with Gasteiger partial charge >= 0.3 is 0 Å². The second-order valence-corrected chi connectivity index (χ2v) is 10.8. The standard InChI is InChI=1S/C26H27N3O5S/c1-19-8-10-22(11-9-19)35(31,32)29(17-21-5-4-16-33-21)18-25(30)28-14-12-20(13-15-28)26-27-23-6-2-3-7-24(23)34-26/h2-11,16,20H,12-15,17-18H2,1H3. The third-order valence-electron chi connectivity index (χ3n) is 6.39. The molecule has 0 unspecified atom stereocenters. The summed E-state index contributed by atoms with van der Waals surface area (Å²) < 4.78 is 39.3. The topological polar surface area (TPSA) is 96.9 Å². The van der Waals surface area contributed by atoms with Crippen LogP contribution in [0.1, 0.15) is 36.0 Å². The van der Waals surface area contributed by atoms with Gasteiger partial charge < -0.3 is 13.7 Å². The van der Waals surface area contributed by atoms with Crippen LogP contribution in [0.3, 0.4) is 0 Å². The number of oxazole rings is 1. The van der Waals surface area contributed by atoms with E-state index >= 15 is 0 Å². The van der Waals surface area contributed by atoms with Crippen LogP contribution in [0, 0.1) is 6.92 Å². The molecule has 4 aromatic rings. The third kappa shape index (κ3) is 5.01. The van der Waals surface area contributed by atoms with E-state index in [1.807, 2.05) is 31.2 Å². The first-order valence-electron chi connectivity index (χ1n) is 11.6. The molecule has 0 radical (unpaired) electrons. The summed E-state index contributed by atoms with van der Waals surface area (Å²) in [5, 5.41) is 0. The fourth-order valence-electron chi connectivity index (χ4n) is 4.35. The smallest absolute Gasteiger partial charge is 0.243 e. The van der Waals surface area contributed by atoms with E-state index in [0.29, 0.717) is 37.6 Å². The number of amides is 1. The van der Waals surface area contributed by atoms with E-state index in [2.05, 4.69) is 4.98 Å². The van der Waals surface area contributed by atoms with E-state index < -0.39 is 10.0 Å². The maximum absolute atomic E-state index is 13.4. The molecule has 8 nitrogen and oxygen atoms in total. The Hall–Kier alpha value is -3.43. The molecular formula is C26H27N3O5S. The molecule has 0 N–H and O–H groups in total. The number of aromatic nitrogens is 1. The maximum atomic E-state index is 13.4. The summed E-state index contributed by atoms with van der Waals surface area (Å²) in [5.41, 5.74) is 2.55. The number of hydrogen-bond donors (Lipinski definition) is 0. The monoisotopic (exact) mass is 493 g/mol. The highest BCUT2D eigenvalue weighted by Gasteiger charge is 2.32. The average molecular weight is 494 g/mol. The van der Waals surface area contributed by atoms with Gasteiger partial charge in [-0.2, -0.15) is 4.31 Å². The molecule has 1 aliphatic heterocycles. The number of sulfonamides is 1. The Labute approximate surface area is 204 Å². The van der Waals surface area contributed by atoms with Gasteiger partial charge in [-0.05, 0) is 56.2 Å². The first kappa shape index (κ1) is 23.3. The molecule has 0 spiro atoms. The van der Waals surface area contributed by atoms with Crippen molar-refractivity contribution in [1.29, 1.82) is 0 Å². The van der Waals surface area contributed by atoms with Crippen molar-refractivity contribution < 1.29 is 22.0 Å². The third-order valence-corrected chi connectivity index (χ3v) is 8.20. The van der Waals surface area contributed by atoms with Crippen LogP contribution >= 0.6 is 0 Å². The average Bonchev–Trinajstić information content (AvgIpc) is 3.54. The zero-order valence-corrected chi connectivity index (χ0v) is 20.3. The number of rotatable bonds is 7. The Bertz CT molecular complexity index is 1370. The molecule has 3 heterocycles. The number of fused-ring (bicyclic) bond motifs is 1. The first-order chi connectivity index (χ1) is 16.9. The fourth-order valence-corrected chi connectivity index (χ4v) is 5.71. The van der Waals surface area contributed by atoms with Crippen molar-refractivity contribution in [3.8, 4) is 0 Å². The molecule has 0 atom stereocenters. The number of carbonyl (C=O) groups excluding carboxylic acids is 1. The summed E-state index contributed by atoms with van der Waals surface area (Å²) in [4.78, 5) is 19.7. The van der Waals surface area contributed by atoms with E-state index in [4.69, 9.17) is 8.83 Å². The van der Waals surface area contributed by atoms with E-state index in [1.54, 1.807) is 41.3 Å². The van der Waals surface area contributed by atoms with Crippen molar-refractivity contribution >= 4 is 27.0 Å². The molecule has 0 bridgehead atoms. The van der Waals surface area contributed by atoms with E-state index in [0.717, 1.165) is 16.7 Å². The molecule has 1 fully saturated rings. The largest absolute Gasteiger partial charge is 0.468 e. The van der Waals surface area contributed by atoms with Crippen LogP contribution in [0.5, 0.6) is 0 Å². The maximum Gasteiger partial charge on any atom is 0.243 e. The number of piperidine rings is 1. The molecule has 2 aromatic carbocycles. The molecule has 1 amide bonds. The van der Waals surface area contributed by atoms with Gasteiger partial charge in [-0.1, -0.05) is 29.8 Å². The summed E-state index contributed by atoms with van der Waals surface area (Å²) in [6, 6.07) is 17.7. The van der Waals surface area contributed by atoms with Crippen molar-refractivity contribution in [2.45, 2.75) is 37.1 Å². The van der Waals surface area contributed by atoms with Crippen LogP contribution in [-0.2, 0) is 21.4 Å². The molecule has 9 heteroatoms. The van der Waals surface area contributed by atoms with Gasteiger partial charge in [-0.15, -0.1) is 0 Å². The molecule has 1 saturated heterocycles. The normalized spacial score (nSPS) is 15.2. The van der Waals surface area contributed by atoms with Crippen LogP contribution < -0.4 is 0 Å². The lowest BCUT2D eigenvalue weighted by molar-refractivity contribution is -0.132. The lowest BCUT2D eigenvalue weighted by atomic mass is 9.97. The molecule has 35 heavy (non-hydrogen) atoms. The molecule has 2 aromatic heterocycles. The SMILES string of the molecule is Cc1ccc(S(=O)(=O)N(CC(=O)N2CCC(c3nc4ccccc4o3)CC2)Cc2ccco2)cc1. The van der Waals surface area contributed by atoms with Gasteiger partial charge in [0.15, 0.2) is 11.5 Å². The van der Waals surface area contributed by atoms with Crippen molar-refractivity contribution in [2.24, 2.45) is 0 Å². The van der Waals surface area contributed by atoms with Crippen LogP contribution in [0.15, 0.2) is 80.7 Å². The van der Waals surface area contributed by atoms with E-state index in [9.17, 15) is 13.2 Å². The van der Waals surface area contributed by atoms with Gasteiger partial charge in [0.25, 0.3) is 0 Å². The highest BCUT2D eigenvalue weighted by atomic mass is 32.2. The lowest BCUT2D eigenvalue weighted by Gasteiger charge is -2.32. The zero-order chi connectivity index (χ0) is 24.4. The zero-order valence-electron chi connectivity index (χ0n) is 19.5. The van der Waals surface area contributed by atoms with Crippen molar-refractivity contribution in [1.82, 2.24) is 14.2 Å². The highest BCUT2D eigenvalue weighted by Crippen LogP contribution is 2.30. The number of hydrogen-bond acceptors (Lipinski definition) is 6. The number of furan rings is 1. The minimum Gasteiger partial charge on any atom is -0.468 e. The van der Waals surface area contributed by atoms with Crippen molar-refractivity contribution in [3.63, 3.8) is 0 Å². The number of carbonyl (C=O) groups is 1. The highest BCUT2D eigenvalue weighted by molar-refractivity contribution is 7.89. The van der Waals surface area contributed by atoms with Gasteiger partial charge in [-0.3, -0.25) is 4.79 Å². The van der Waals surface area contributed by atoms with Gasteiger partial charge in [0.05, 0.1) is 24.2 Å². The van der Waals surface area contributed by atoms with Crippen molar-refractivity contribution in [3.05, 3.63) is 84.1 Å². The Morgan fingerprint density at radius 3 is 2.49 bits per heavy atom. The molecule has 0 aliphatic carbocycles. The summed E-state index contributed by atoms with van der Waals surface area (Å²) in [6.45, 7) is 2.65. The quantitative estimate of drug-likeness (QED) is 0.380. The van der Waals surface area contributed by atoms with Gasteiger partial charge in [-0.25, -0.2) is 13.4 Å². The molecular weight excluding hydrogens is 466 g/mol. The summed E-state index contributed by atoms with van der Waals surface area (Å²) in [5.74, 6) is 1.06. The van der Waals surface area contributed by atoms with E-state index in [-0.39, 0.29) is 29.8 Å². The number of nitrogens with zero attached hydrogens (tertiary/aromatic N) is 3.